The maximum absolute atomic E-state index is 11.1. The number of hydrogen-bond acceptors (Lipinski definition) is 3. The molecule has 70 valence electrons. The van der Waals surface area contributed by atoms with Crippen molar-refractivity contribution in [2.24, 2.45) is 0 Å². The Morgan fingerprint density at radius 3 is 2.92 bits per heavy atom. The number of nitrogens with one attached hydrogen (secondary N) is 3. The molecule has 0 aliphatic rings. The first-order chi connectivity index (χ1) is 6.24. The van der Waals surface area contributed by atoms with Crippen molar-refractivity contribution in [1.82, 2.24) is 15.3 Å². The van der Waals surface area contributed by atoms with Gasteiger partial charge in [0.05, 0.1) is 5.56 Å². The van der Waals surface area contributed by atoms with E-state index in [1.165, 1.54) is 6.20 Å². The van der Waals surface area contributed by atoms with Crippen LogP contribution < -0.4 is 16.6 Å². The van der Waals surface area contributed by atoms with Gasteiger partial charge in [-0.05, 0) is 7.05 Å². The van der Waals surface area contributed by atoms with E-state index in [9.17, 15) is 9.59 Å². The van der Waals surface area contributed by atoms with Gasteiger partial charge in [-0.1, -0.05) is 12.2 Å². The molecule has 1 rings (SSSR count). The zero-order valence-electron chi connectivity index (χ0n) is 7.26. The molecule has 3 N–H and O–H groups in total. The molecule has 0 saturated heterocycles. The first-order valence-electron chi connectivity index (χ1n) is 3.87. The van der Waals surface area contributed by atoms with Crippen molar-refractivity contribution in [2.45, 2.75) is 0 Å². The molecule has 0 atom stereocenters. The number of hydrogen-bond donors (Lipinski definition) is 3. The Morgan fingerprint density at radius 2 is 2.31 bits per heavy atom. The van der Waals surface area contributed by atoms with Crippen molar-refractivity contribution in [3.05, 3.63) is 38.7 Å². The summed E-state index contributed by atoms with van der Waals surface area (Å²) in [7, 11) is 1.81. The van der Waals surface area contributed by atoms with Crippen LogP contribution >= 0.6 is 0 Å². The summed E-state index contributed by atoms with van der Waals surface area (Å²) in [5, 5.41) is 2.90. The molecule has 5 nitrogen and oxygen atoms in total. The lowest BCUT2D eigenvalue weighted by Gasteiger charge is -1.90. The summed E-state index contributed by atoms with van der Waals surface area (Å²) in [6.07, 6.45) is 4.82. The second kappa shape index (κ2) is 4.42. The molecule has 0 aliphatic carbocycles. The SMILES string of the molecule is CNCC=Cc1c[nH]c(=O)[nH]c1=O. The third kappa shape index (κ3) is 2.72. The molecular formula is C8H11N3O2. The summed E-state index contributed by atoms with van der Waals surface area (Å²) < 4.78 is 0. The van der Waals surface area contributed by atoms with Crippen LogP contribution in [-0.4, -0.2) is 23.6 Å². The summed E-state index contributed by atoms with van der Waals surface area (Å²) in [6, 6.07) is 0. The van der Waals surface area contributed by atoms with E-state index >= 15 is 0 Å². The smallest absolute Gasteiger partial charge is 0.316 e. The Balaban J connectivity index is 2.90. The third-order valence-corrected chi connectivity index (χ3v) is 1.47. The van der Waals surface area contributed by atoms with Crippen LogP contribution in [0, 0.1) is 0 Å². The topological polar surface area (TPSA) is 77.8 Å². The van der Waals surface area contributed by atoms with Gasteiger partial charge in [0, 0.05) is 12.7 Å². The lowest BCUT2D eigenvalue weighted by Crippen LogP contribution is -2.22. The summed E-state index contributed by atoms with van der Waals surface area (Å²) in [5.41, 5.74) is -0.429. The number of aromatic nitrogens is 2. The molecule has 0 fully saturated rings. The molecular weight excluding hydrogens is 170 g/mol. The predicted molar refractivity (Wildman–Crippen MR) is 50.6 cm³/mol. The highest BCUT2D eigenvalue weighted by Crippen LogP contribution is 1.87. The fraction of sp³-hybridized carbons (Fsp3) is 0.250. The van der Waals surface area contributed by atoms with Crippen molar-refractivity contribution in [1.29, 1.82) is 0 Å². The second-order valence-corrected chi connectivity index (χ2v) is 2.49. The van der Waals surface area contributed by atoms with Crippen molar-refractivity contribution < 1.29 is 0 Å². The van der Waals surface area contributed by atoms with Crippen LogP contribution in [-0.2, 0) is 0 Å². The van der Waals surface area contributed by atoms with Gasteiger partial charge in [-0.2, -0.15) is 0 Å². The van der Waals surface area contributed by atoms with Gasteiger partial charge in [0.25, 0.3) is 5.56 Å². The Morgan fingerprint density at radius 1 is 1.54 bits per heavy atom. The Kier molecular flexibility index (Phi) is 3.22. The largest absolute Gasteiger partial charge is 0.325 e. The fourth-order valence-corrected chi connectivity index (χ4v) is 0.848. The Labute approximate surface area is 74.5 Å². The zero-order valence-corrected chi connectivity index (χ0v) is 7.26. The molecule has 0 aliphatic heterocycles. The highest BCUT2D eigenvalue weighted by atomic mass is 16.2. The highest BCUT2D eigenvalue weighted by molar-refractivity contribution is 5.46. The van der Waals surface area contributed by atoms with Crippen LogP contribution in [0.2, 0.25) is 0 Å². The average Bonchev–Trinajstić information content (AvgIpc) is 2.09. The lowest BCUT2D eigenvalue weighted by molar-refractivity contribution is 0.922. The molecule has 1 aromatic rings. The van der Waals surface area contributed by atoms with Gasteiger partial charge in [0.1, 0.15) is 0 Å². The standard InChI is InChI=1S/C8H11N3O2/c1-9-4-2-3-6-5-10-8(13)11-7(6)12/h2-3,5,9H,4H2,1H3,(H2,10,11,12,13). The number of aromatic amines is 2. The van der Waals surface area contributed by atoms with Crippen molar-refractivity contribution in [3.8, 4) is 0 Å². The van der Waals surface area contributed by atoms with Crippen molar-refractivity contribution in [3.63, 3.8) is 0 Å². The summed E-state index contributed by atoms with van der Waals surface area (Å²) in [6.45, 7) is 0.679. The summed E-state index contributed by atoms with van der Waals surface area (Å²) >= 11 is 0. The van der Waals surface area contributed by atoms with E-state index in [-0.39, 0.29) is 5.56 Å². The first-order valence-corrected chi connectivity index (χ1v) is 3.87. The average molecular weight is 181 g/mol. The Bertz CT molecular complexity index is 402. The molecule has 0 bridgehead atoms. The van der Waals surface area contributed by atoms with Crippen molar-refractivity contribution in [2.75, 3.05) is 13.6 Å². The van der Waals surface area contributed by atoms with E-state index in [1.807, 2.05) is 0 Å². The Hall–Kier alpha value is -1.62. The van der Waals surface area contributed by atoms with E-state index < -0.39 is 5.69 Å². The monoisotopic (exact) mass is 181 g/mol. The predicted octanol–water partition coefficient (Wildman–Crippen LogP) is -0.704. The van der Waals surface area contributed by atoms with Crippen LogP contribution in [0.25, 0.3) is 6.08 Å². The van der Waals surface area contributed by atoms with Gasteiger partial charge in [-0.15, -0.1) is 0 Å². The van der Waals surface area contributed by atoms with Crippen LogP contribution in [0.1, 0.15) is 5.56 Å². The van der Waals surface area contributed by atoms with E-state index in [1.54, 1.807) is 19.2 Å². The van der Waals surface area contributed by atoms with E-state index in [4.69, 9.17) is 0 Å². The molecule has 0 saturated carbocycles. The fourth-order valence-electron chi connectivity index (χ4n) is 0.848. The molecule has 5 heteroatoms. The molecule has 0 radical (unpaired) electrons. The van der Waals surface area contributed by atoms with Crippen LogP contribution in [0.15, 0.2) is 21.9 Å². The number of rotatable bonds is 3. The van der Waals surface area contributed by atoms with E-state index in [0.717, 1.165) is 0 Å². The van der Waals surface area contributed by atoms with Gasteiger partial charge in [-0.3, -0.25) is 9.78 Å². The van der Waals surface area contributed by atoms with Gasteiger partial charge in [-0.25, -0.2) is 4.79 Å². The molecule has 1 heterocycles. The lowest BCUT2D eigenvalue weighted by atomic mass is 10.3. The van der Waals surface area contributed by atoms with Gasteiger partial charge >= 0.3 is 5.69 Å². The molecule has 0 amide bonds. The molecule has 0 unspecified atom stereocenters. The van der Waals surface area contributed by atoms with Gasteiger partial charge < -0.3 is 10.3 Å². The quantitative estimate of drug-likeness (QED) is 0.576. The third-order valence-electron chi connectivity index (χ3n) is 1.47. The maximum atomic E-state index is 11.1. The molecule has 1 aromatic heterocycles. The maximum Gasteiger partial charge on any atom is 0.325 e. The minimum Gasteiger partial charge on any atom is -0.316 e. The summed E-state index contributed by atoms with van der Waals surface area (Å²) in [5.74, 6) is 0. The minimum absolute atomic E-state index is 0.379. The van der Waals surface area contributed by atoms with Gasteiger partial charge in [0.15, 0.2) is 0 Å². The number of H-pyrrole nitrogens is 2. The first kappa shape index (κ1) is 9.47. The van der Waals surface area contributed by atoms with Crippen LogP contribution in [0.5, 0.6) is 0 Å². The normalized spacial score (nSPS) is 10.8. The molecule has 0 aromatic carbocycles. The van der Waals surface area contributed by atoms with E-state index in [2.05, 4.69) is 15.3 Å². The number of likely N-dealkylation sites (N-methyl/N-ethyl adjacent to an activating group) is 1. The molecule has 13 heavy (non-hydrogen) atoms. The van der Waals surface area contributed by atoms with E-state index in [0.29, 0.717) is 12.1 Å². The second-order valence-electron chi connectivity index (χ2n) is 2.49. The van der Waals surface area contributed by atoms with Crippen molar-refractivity contribution >= 4 is 6.08 Å². The van der Waals surface area contributed by atoms with Crippen LogP contribution in [0.4, 0.5) is 0 Å². The summed E-state index contributed by atoms with van der Waals surface area (Å²) in [4.78, 5) is 26.2. The molecule has 0 spiro atoms. The minimum atomic E-state index is -0.490. The van der Waals surface area contributed by atoms with Gasteiger partial charge in [0.2, 0.25) is 0 Å². The zero-order chi connectivity index (χ0) is 9.68. The highest BCUT2D eigenvalue weighted by Gasteiger charge is 1.93. The van der Waals surface area contributed by atoms with Crippen LogP contribution in [0.3, 0.4) is 0 Å².